The van der Waals surface area contributed by atoms with Gasteiger partial charge in [0.05, 0.1) is 5.56 Å². The highest BCUT2D eigenvalue weighted by atomic mass is 127. The van der Waals surface area contributed by atoms with Gasteiger partial charge in [-0.05, 0) is 34.7 Å². The van der Waals surface area contributed by atoms with E-state index in [2.05, 4.69) is 41.3 Å². The predicted octanol–water partition coefficient (Wildman–Crippen LogP) is 3.67. The van der Waals surface area contributed by atoms with Crippen LogP contribution in [-0.4, -0.2) is 0 Å². The van der Waals surface area contributed by atoms with Gasteiger partial charge in [0.1, 0.15) is 6.07 Å². The first-order valence-corrected chi connectivity index (χ1v) is 5.93. The molecule has 2 aromatic rings. The van der Waals surface area contributed by atoms with Crippen LogP contribution in [0.4, 0.5) is 0 Å². The first-order valence-electron chi connectivity index (χ1n) is 3.52. The molecular formula is C9H4INS2. The third kappa shape index (κ3) is 1.56. The van der Waals surface area contributed by atoms with E-state index in [-0.39, 0.29) is 0 Å². The number of hydrogen-bond acceptors (Lipinski definition) is 3. The van der Waals surface area contributed by atoms with Gasteiger partial charge in [0.25, 0.3) is 0 Å². The van der Waals surface area contributed by atoms with E-state index in [9.17, 15) is 0 Å². The van der Waals surface area contributed by atoms with Gasteiger partial charge >= 0.3 is 0 Å². The summed E-state index contributed by atoms with van der Waals surface area (Å²) in [5.74, 6) is 0. The molecule has 0 fully saturated rings. The van der Waals surface area contributed by atoms with E-state index in [0.29, 0.717) is 0 Å². The lowest BCUT2D eigenvalue weighted by atomic mass is 10.2. The maximum absolute atomic E-state index is 8.82. The number of thiol groups is 1. The van der Waals surface area contributed by atoms with Crippen molar-refractivity contribution in [3.05, 3.63) is 26.6 Å². The molecule has 1 heterocycles. The molecule has 0 bridgehead atoms. The average Bonchev–Trinajstić information content (AvgIpc) is 2.47. The van der Waals surface area contributed by atoms with Crippen molar-refractivity contribution in [2.45, 2.75) is 4.90 Å². The molecule has 64 valence electrons. The van der Waals surface area contributed by atoms with Crippen molar-refractivity contribution in [1.29, 1.82) is 5.26 Å². The van der Waals surface area contributed by atoms with E-state index < -0.39 is 0 Å². The number of hydrogen-bond donors (Lipinski definition) is 1. The van der Waals surface area contributed by atoms with Crippen LogP contribution in [-0.2, 0) is 0 Å². The summed E-state index contributed by atoms with van der Waals surface area (Å²) in [4.78, 5) is 0.988. The zero-order chi connectivity index (χ0) is 9.42. The van der Waals surface area contributed by atoms with E-state index in [1.807, 2.05) is 17.5 Å². The highest BCUT2D eigenvalue weighted by molar-refractivity contribution is 14.1. The molecule has 0 saturated heterocycles. The summed E-state index contributed by atoms with van der Waals surface area (Å²) in [7, 11) is 0. The van der Waals surface area contributed by atoms with Crippen LogP contribution >= 0.6 is 46.6 Å². The molecule has 0 saturated carbocycles. The quantitative estimate of drug-likeness (QED) is 0.582. The maximum Gasteiger partial charge on any atom is 0.100 e. The zero-order valence-electron chi connectivity index (χ0n) is 6.41. The Labute approximate surface area is 98.9 Å². The van der Waals surface area contributed by atoms with E-state index in [1.165, 1.54) is 0 Å². The van der Waals surface area contributed by atoms with Crippen molar-refractivity contribution in [3.63, 3.8) is 0 Å². The number of fused-ring (bicyclic) bond motifs is 1. The van der Waals surface area contributed by atoms with E-state index in [4.69, 9.17) is 5.26 Å². The molecule has 4 heteroatoms. The summed E-state index contributed by atoms with van der Waals surface area (Å²) in [5.41, 5.74) is 0.739. The van der Waals surface area contributed by atoms with Crippen molar-refractivity contribution in [2.75, 3.05) is 0 Å². The Morgan fingerprint density at radius 3 is 2.92 bits per heavy atom. The summed E-state index contributed by atoms with van der Waals surface area (Å²) in [6.07, 6.45) is 0. The Kier molecular flexibility index (Phi) is 2.49. The molecule has 1 aromatic heterocycles. The van der Waals surface area contributed by atoms with Crippen molar-refractivity contribution in [1.82, 2.24) is 0 Å². The molecule has 2 rings (SSSR count). The van der Waals surface area contributed by atoms with Crippen molar-refractivity contribution in [3.8, 4) is 6.07 Å². The van der Waals surface area contributed by atoms with Crippen LogP contribution in [0.15, 0.2) is 22.4 Å². The fraction of sp³-hybridized carbons (Fsp3) is 0. The van der Waals surface area contributed by atoms with Gasteiger partial charge in [-0.15, -0.1) is 24.0 Å². The first kappa shape index (κ1) is 9.31. The predicted molar refractivity (Wildman–Crippen MR) is 66.5 cm³/mol. The number of nitrogens with zero attached hydrogens (tertiary/aromatic N) is 1. The number of benzene rings is 1. The lowest BCUT2D eigenvalue weighted by Gasteiger charge is -1.95. The molecule has 1 aromatic carbocycles. The van der Waals surface area contributed by atoms with Crippen LogP contribution in [0.5, 0.6) is 0 Å². The molecule has 13 heavy (non-hydrogen) atoms. The van der Waals surface area contributed by atoms with E-state index in [0.717, 1.165) is 24.1 Å². The lowest BCUT2D eigenvalue weighted by molar-refractivity contribution is 1.48. The summed E-state index contributed by atoms with van der Waals surface area (Å²) >= 11 is 8.13. The fourth-order valence-corrected chi connectivity index (χ4v) is 2.97. The van der Waals surface area contributed by atoms with Gasteiger partial charge in [0.2, 0.25) is 0 Å². The third-order valence-corrected chi connectivity index (χ3v) is 4.15. The molecule has 0 radical (unpaired) electrons. The Morgan fingerprint density at radius 2 is 2.23 bits per heavy atom. The normalized spacial score (nSPS) is 10.2. The summed E-state index contributed by atoms with van der Waals surface area (Å²) < 4.78 is 2.11. The monoisotopic (exact) mass is 317 g/mol. The fourth-order valence-electron chi connectivity index (χ4n) is 1.12. The van der Waals surface area contributed by atoms with Crippen molar-refractivity contribution < 1.29 is 0 Å². The van der Waals surface area contributed by atoms with Crippen molar-refractivity contribution >= 4 is 56.6 Å². The topological polar surface area (TPSA) is 23.8 Å². The smallest absolute Gasteiger partial charge is 0.100 e. The van der Waals surface area contributed by atoms with Crippen LogP contribution in [0.2, 0.25) is 0 Å². The first-order chi connectivity index (χ1) is 6.22. The molecule has 0 N–H and O–H groups in total. The molecular weight excluding hydrogens is 313 g/mol. The summed E-state index contributed by atoms with van der Waals surface area (Å²) in [6.45, 7) is 0. The third-order valence-electron chi connectivity index (χ3n) is 1.76. The van der Waals surface area contributed by atoms with Crippen LogP contribution in [0.3, 0.4) is 0 Å². The number of halogens is 1. The van der Waals surface area contributed by atoms with Gasteiger partial charge in [-0.3, -0.25) is 0 Å². The molecule has 0 aliphatic rings. The SMILES string of the molecule is N#Cc1cc2scc(S)c2cc1I. The molecule has 1 nitrogen and oxygen atoms in total. The van der Waals surface area contributed by atoms with Crippen LogP contribution in [0.25, 0.3) is 10.1 Å². The van der Waals surface area contributed by atoms with Gasteiger partial charge in [0, 0.05) is 23.9 Å². The van der Waals surface area contributed by atoms with Crippen LogP contribution in [0.1, 0.15) is 5.56 Å². The van der Waals surface area contributed by atoms with Gasteiger partial charge in [-0.25, -0.2) is 0 Å². The number of rotatable bonds is 0. The highest BCUT2D eigenvalue weighted by Crippen LogP contribution is 2.31. The summed E-state index contributed by atoms with van der Waals surface area (Å²) in [6, 6.07) is 6.10. The Balaban J connectivity index is 2.85. The average molecular weight is 317 g/mol. The number of nitriles is 1. The molecule has 0 spiro atoms. The molecule has 0 aliphatic carbocycles. The second-order valence-corrected chi connectivity index (χ2v) is 5.12. The molecule has 0 unspecified atom stereocenters. The van der Waals surface area contributed by atoms with Gasteiger partial charge in [-0.2, -0.15) is 5.26 Å². The minimum Gasteiger partial charge on any atom is -0.192 e. The Morgan fingerprint density at radius 1 is 1.46 bits per heavy atom. The lowest BCUT2D eigenvalue weighted by Crippen LogP contribution is -1.79. The van der Waals surface area contributed by atoms with Crippen LogP contribution in [0, 0.1) is 14.9 Å². The van der Waals surface area contributed by atoms with Gasteiger partial charge in [-0.1, -0.05) is 0 Å². The second kappa shape index (κ2) is 3.48. The van der Waals surface area contributed by atoms with Gasteiger partial charge in [0.15, 0.2) is 0 Å². The van der Waals surface area contributed by atoms with E-state index >= 15 is 0 Å². The maximum atomic E-state index is 8.82. The molecule has 0 atom stereocenters. The standard InChI is InChI=1S/C9H4INS2/c10-7-2-6-8(12)4-13-9(6)1-5(7)3-11/h1-2,4,12H. The molecule has 0 amide bonds. The zero-order valence-corrected chi connectivity index (χ0v) is 10.3. The molecule has 0 aliphatic heterocycles. The minimum atomic E-state index is 0.739. The highest BCUT2D eigenvalue weighted by Gasteiger charge is 2.05. The minimum absolute atomic E-state index is 0.739. The summed E-state index contributed by atoms with van der Waals surface area (Å²) in [5, 5.41) is 11.9. The largest absolute Gasteiger partial charge is 0.192 e. The Hall–Kier alpha value is -0.250. The Bertz CT molecular complexity index is 510. The van der Waals surface area contributed by atoms with Crippen molar-refractivity contribution in [2.24, 2.45) is 0 Å². The van der Waals surface area contributed by atoms with Crippen LogP contribution < -0.4 is 0 Å². The van der Waals surface area contributed by atoms with Gasteiger partial charge < -0.3 is 0 Å². The number of thiophene rings is 1. The second-order valence-electron chi connectivity index (χ2n) is 2.56. The van der Waals surface area contributed by atoms with E-state index in [1.54, 1.807) is 11.3 Å².